The minimum absolute atomic E-state index is 0.175. The number of ether oxygens (including phenoxy) is 4. The first-order valence-electron chi connectivity index (χ1n) is 35.0. The number of carbonyl (C=O) groups is 3. The van der Waals surface area contributed by atoms with Crippen molar-refractivity contribution in [2.75, 3.05) is 47.5 Å². The van der Waals surface area contributed by atoms with Gasteiger partial charge in [-0.25, -0.2) is 4.79 Å². The van der Waals surface area contributed by atoms with E-state index >= 15 is 0 Å². The summed E-state index contributed by atoms with van der Waals surface area (Å²) in [4.78, 5) is 37.6. The molecule has 0 aliphatic carbocycles. The molecule has 0 saturated heterocycles. The van der Waals surface area contributed by atoms with E-state index in [0.717, 1.165) is 116 Å². The Balaban J connectivity index is 4.13. The predicted octanol–water partition coefficient (Wildman–Crippen LogP) is 21.9. The molecule has 2 atom stereocenters. The molecule has 0 aliphatic rings. The number of hydrogen-bond donors (Lipinski definition) is 1. The molecule has 9 nitrogen and oxygen atoms in total. The molecule has 494 valence electrons. The van der Waals surface area contributed by atoms with Gasteiger partial charge in [-0.2, -0.15) is 0 Å². The van der Waals surface area contributed by atoms with E-state index in [2.05, 4.69) is 160 Å². The SMILES string of the molecule is CC/C=C\C/C=C\C/C=C\C/C=C\C/C=C\C/C=C\C/C=C\CCCCCC(=O)OC(COC(=O)CCCCCCCCCCCCCCCCCCCCCCC/C=C\C/C=C\C/C=C\C/C=C\C/C=C\CC)COC(OCC[N+](C)(C)C)C(=O)O. The molecule has 0 rings (SSSR count). The Morgan fingerprint density at radius 1 is 0.345 bits per heavy atom. The summed E-state index contributed by atoms with van der Waals surface area (Å²) in [7, 11) is 5.96. The largest absolute Gasteiger partial charge is 0.477 e. The highest BCUT2D eigenvalue weighted by Crippen LogP contribution is 2.17. The minimum Gasteiger partial charge on any atom is -0.477 e. The molecule has 0 aliphatic heterocycles. The van der Waals surface area contributed by atoms with Gasteiger partial charge < -0.3 is 28.5 Å². The number of nitrogens with zero attached hydrogens (tertiary/aromatic N) is 1. The molecular weight excluding hydrogens is 1080 g/mol. The van der Waals surface area contributed by atoms with Crippen molar-refractivity contribution in [3.8, 4) is 0 Å². The molecule has 0 radical (unpaired) electrons. The molecule has 0 fully saturated rings. The summed E-state index contributed by atoms with van der Waals surface area (Å²) in [6.07, 6.45) is 95.4. The lowest BCUT2D eigenvalue weighted by Crippen LogP contribution is -2.40. The fraction of sp³-hybridized carbons (Fsp3) is 0.654. The standard InChI is InChI=1S/C78H129NO8/c1-6-8-10-12-14-16-18-20-22-24-26-28-30-32-33-34-35-36-37-38-39-40-41-42-43-45-46-48-50-52-54-56-58-60-62-64-66-68-75(80)85-72-74(73-86-78(77(82)83)84-71-70-79(3,4)5)87-76(81)69-67-65-63-61-59-57-55-53-51-49-47-44-31-29-27-25-23-21-19-17-15-13-11-9-7-2/h8-11,14-17,20-23,26-29,32-33,44,47,51,53,57,59,74,78H,6-7,12-13,18-19,24-25,30-31,34-43,45-46,48-50,52,54-56,58,60-73H2,1-5H3/p+1/b10-8-,11-9-,16-14-,17-15-,22-20-,23-21-,28-26-,29-27-,33-32-,47-44-,53-51-,59-57-. The van der Waals surface area contributed by atoms with E-state index in [0.29, 0.717) is 17.4 Å². The van der Waals surface area contributed by atoms with E-state index in [-0.39, 0.29) is 38.6 Å². The number of hydrogen-bond acceptors (Lipinski definition) is 7. The first-order chi connectivity index (χ1) is 42.6. The van der Waals surface area contributed by atoms with Crippen LogP contribution in [-0.4, -0.2) is 87.4 Å². The van der Waals surface area contributed by atoms with E-state index in [1.165, 1.54) is 122 Å². The summed E-state index contributed by atoms with van der Waals surface area (Å²) >= 11 is 0. The van der Waals surface area contributed by atoms with Crippen molar-refractivity contribution in [2.45, 2.75) is 283 Å². The van der Waals surface area contributed by atoms with Crippen LogP contribution in [0.15, 0.2) is 146 Å². The highest BCUT2D eigenvalue weighted by atomic mass is 16.7. The predicted molar refractivity (Wildman–Crippen MR) is 373 cm³/mol. The average Bonchev–Trinajstić information content (AvgIpc) is 3.59. The maximum Gasteiger partial charge on any atom is 0.361 e. The van der Waals surface area contributed by atoms with E-state index in [4.69, 9.17) is 18.9 Å². The Labute approximate surface area is 534 Å². The van der Waals surface area contributed by atoms with Crippen LogP contribution < -0.4 is 0 Å². The van der Waals surface area contributed by atoms with Crippen LogP contribution >= 0.6 is 0 Å². The van der Waals surface area contributed by atoms with E-state index in [1.54, 1.807) is 0 Å². The molecular formula is C78H130NO8+. The van der Waals surface area contributed by atoms with Crippen molar-refractivity contribution in [3.63, 3.8) is 0 Å². The Bertz CT molecular complexity index is 1940. The number of rotatable bonds is 63. The smallest absolute Gasteiger partial charge is 0.361 e. The van der Waals surface area contributed by atoms with Gasteiger partial charge >= 0.3 is 17.9 Å². The van der Waals surface area contributed by atoms with Crippen molar-refractivity contribution < 1.29 is 42.9 Å². The number of carboxylic acids is 1. The lowest BCUT2D eigenvalue weighted by atomic mass is 10.0. The van der Waals surface area contributed by atoms with Crippen molar-refractivity contribution >= 4 is 17.9 Å². The van der Waals surface area contributed by atoms with E-state index < -0.39 is 24.3 Å². The quantitative estimate of drug-likeness (QED) is 0.0211. The zero-order chi connectivity index (χ0) is 63.3. The monoisotopic (exact) mass is 1210 g/mol. The number of aliphatic carboxylic acids is 1. The highest BCUT2D eigenvalue weighted by molar-refractivity contribution is 5.71. The number of carboxylic acid groups (broad SMARTS) is 1. The molecule has 0 bridgehead atoms. The van der Waals surface area contributed by atoms with Gasteiger partial charge in [0, 0.05) is 12.8 Å². The summed E-state index contributed by atoms with van der Waals surface area (Å²) in [5, 5.41) is 9.74. The second-order valence-corrected chi connectivity index (χ2v) is 24.1. The van der Waals surface area contributed by atoms with Gasteiger partial charge in [-0.1, -0.05) is 288 Å². The third kappa shape index (κ3) is 68.5. The zero-order valence-corrected chi connectivity index (χ0v) is 56.4. The molecule has 0 aromatic carbocycles. The first kappa shape index (κ1) is 82.2. The van der Waals surface area contributed by atoms with Crippen LogP contribution in [0.3, 0.4) is 0 Å². The normalized spacial score (nSPS) is 13.6. The number of esters is 2. The van der Waals surface area contributed by atoms with Crippen molar-refractivity contribution in [3.05, 3.63) is 146 Å². The molecule has 9 heteroatoms. The summed E-state index contributed by atoms with van der Waals surface area (Å²) in [5.74, 6) is -2.05. The molecule has 1 N–H and O–H groups in total. The number of quaternary nitrogens is 1. The van der Waals surface area contributed by atoms with Crippen molar-refractivity contribution in [1.29, 1.82) is 0 Å². The van der Waals surface area contributed by atoms with Crippen LogP contribution in [-0.2, 0) is 33.3 Å². The molecule has 0 aromatic rings. The van der Waals surface area contributed by atoms with Crippen LogP contribution in [0.25, 0.3) is 0 Å². The van der Waals surface area contributed by atoms with Gasteiger partial charge in [0.05, 0.1) is 34.4 Å². The maximum absolute atomic E-state index is 12.9. The molecule has 0 aromatic heterocycles. The third-order valence-corrected chi connectivity index (χ3v) is 14.6. The van der Waals surface area contributed by atoms with Crippen LogP contribution in [0.4, 0.5) is 0 Å². The fourth-order valence-electron chi connectivity index (χ4n) is 9.32. The van der Waals surface area contributed by atoms with Crippen molar-refractivity contribution in [1.82, 2.24) is 0 Å². The Morgan fingerprint density at radius 3 is 0.931 bits per heavy atom. The summed E-state index contributed by atoms with van der Waals surface area (Å²) < 4.78 is 22.9. The highest BCUT2D eigenvalue weighted by Gasteiger charge is 2.25. The molecule has 2 unspecified atom stereocenters. The zero-order valence-electron chi connectivity index (χ0n) is 56.4. The first-order valence-corrected chi connectivity index (χ1v) is 35.0. The molecule has 0 spiro atoms. The van der Waals surface area contributed by atoms with Crippen LogP contribution in [0, 0.1) is 0 Å². The molecule has 87 heavy (non-hydrogen) atoms. The number of allylic oxidation sites excluding steroid dienone is 24. The van der Waals surface area contributed by atoms with Crippen LogP contribution in [0.2, 0.25) is 0 Å². The fourth-order valence-corrected chi connectivity index (χ4v) is 9.32. The van der Waals surface area contributed by atoms with Gasteiger partial charge in [0.2, 0.25) is 0 Å². The van der Waals surface area contributed by atoms with Gasteiger partial charge in [-0.3, -0.25) is 9.59 Å². The second kappa shape index (κ2) is 67.1. The van der Waals surface area contributed by atoms with E-state index in [1.807, 2.05) is 21.1 Å². The lowest BCUT2D eigenvalue weighted by Gasteiger charge is -2.25. The third-order valence-electron chi connectivity index (χ3n) is 14.6. The average molecular weight is 1210 g/mol. The topological polar surface area (TPSA) is 108 Å². The lowest BCUT2D eigenvalue weighted by molar-refractivity contribution is -0.870. The van der Waals surface area contributed by atoms with Gasteiger partial charge in [0.15, 0.2) is 6.10 Å². The summed E-state index contributed by atoms with van der Waals surface area (Å²) in [5.41, 5.74) is 0. The van der Waals surface area contributed by atoms with Crippen LogP contribution in [0.1, 0.15) is 271 Å². The molecule has 0 saturated carbocycles. The second-order valence-electron chi connectivity index (χ2n) is 24.1. The number of carbonyl (C=O) groups excluding carboxylic acids is 2. The maximum atomic E-state index is 12.9. The van der Waals surface area contributed by atoms with Crippen molar-refractivity contribution in [2.24, 2.45) is 0 Å². The van der Waals surface area contributed by atoms with Gasteiger partial charge in [0.25, 0.3) is 6.29 Å². The summed E-state index contributed by atoms with van der Waals surface area (Å²) in [6.45, 7) is 4.61. The Morgan fingerprint density at radius 2 is 0.621 bits per heavy atom. The Kier molecular flexibility index (Phi) is 63.4. The van der Waals surface area contributed by atoms with Gasteiger partial charge in [0.1, 0.15) is 13.2 Å². The number of unbranched alkanes of at least 4 members (excludes halogenated alkanes) is 24. The van der Waals surface area contributed by atoms with Crippen LogP contribution in [0.5, 0.6) is 0 Å². The summed E-state index contributed by atoms with van der Waals surface area (Å²) in [6, 6.07) is 0. The number of likely N-dealkylation sites (N-methyl/N-ethyl adjacent to an activating group) is 1. The Hall–Kier alpha value is -4.83. The van der Waals surface area contributed by atoms with Gasteiger partial charge in [-0.05, 0) is 116 Å². The molecule has 0 heterocycles. The minimum atomic E-state index is -1.53. The van der Waals surface area contributed by atoms with E-state index in [9.17, 15) is 19.5 Å². The van der Waals surface area contributed by atoms with Gasteiger partial charge in [-0.15, -0.1) is 0 Å². The molecule has 0 amide bonds.